The number of esters is 1. The molecule has 1 aliphatic carbocycles. The lowest BCUT2D eigenvalue weighted by Gasteiger charge is -2.38. The van der Waals surface area contributed by atoms with Crippen molar-refractivity contribution in [1.29, 1.82) is 0 Å². The van der Waals surface area contributed by atoms with Crippen LogP contribution in [0.25, 0.3) is 0 Å². The van der Waals surface area contributed by atoms with Crippen molar-refractivity contribution < 1.29 is 24.2 Å². The quantitative estimate of drug-likeness (QED) is 0.321. The van der Waals surface area contributed by atoms with Gasteiger partial charge in [0.05, 0.1) is 31.1 Å². The van der Waals surface area contributed by atoms with Gasteiger partial charge in [-0.25, -0.2) is 0 Å². The van der Waals surface area contributed by atoms with Gasteiger partial charge in [0.25, 0.3) is 0 Å². The Bertz CT molecular complexity index is 813. The Morgan fingerprint density at radius 2 is 1.78 bits per heavy atom. The van der Waals surface area contributed by atoms with Gasteiger partial charge in [0.2, 0.25) is 11.8 Å². The van der Waals surface area contributed by atoms with Gasteiger partial charge in [-0.15, -0.1) is 0 Å². The van der Waals surface area contributed by atoms with Crippen molar-refractivity contribution in [3.63, 3.8) is 0 Å². The van der Waals surface area contributed by atoms with Crippen LogP contribution >= 0.6 is 0 Å². The molecule has 6 atom stereocenters. The summed E-state index contributed by atoms with van der Waals surface area (Å²) in [6.45, 7) is 18.3. The van der Waals surface area contributed by atoms with Gasteiger partial charge >= 0.3 is 5.97 Å². The van der Waals surface area contributed by atoms with E-state index in [9.17, 15) is 19.5 Å². The van der Waals surface area contributed by atoms with E-state index in [1.165, 1.54) is 0 Å². The van der Waals surface area contributed by atoms with Crippen LogP contribution in [0.15, 0.2) is 12.2 Å². The van der Waals surface area contributed by atoms with Crippen LogP contribution in [-0.2, 0) is 19.1 Å². The van der Waals surface area contributed by atoms with E-state index in [-0.39, 0.29) is 48.2 Å². The molecule has 1 fully saturated rings. The third kappa shape index (κ3) is 7.11. The molecular weight excluding hydrogens is 456 g/mol. The zero-order valence-corrected chi connectivity index (χ0v) is 24.0. The predicted molar refractivity (Wildman–Crippen MR) is 142 cm³/mol. The number of ether oxygens (including phenoxy) is 1. The number of hydrogen-bond acceptors (Lipinski definition) is 5. The Labute approximate surface area is 218 Å². The molecule has 2 amide bonds. The highest BCUT2D eigenvalue weighted by molar-refractivity contribution is 5.96. The molecule has 2 N–H and O–H groups in total. The van der Waals surface area contributed by atoms with Gasteiger partial charge in [-0.3, -0.25) is 14.4 Å². The fourth-order valence-corrected chi connectivity index (χ4v) is 6.61. The van der Waals surface area contributed by atoms with Crippen molar-refractivity contribution in [2.24, 2.45) is 35.0 Å². The summed E-state index contributed by atoms with van der Waals surface area (Å²) in [6.07, 6.45) is 6.96. The largest absolute Gasteiger partial charge is 0.466 e. The van der Waals surface area contributed by atoms with E-state index in [2.05, 4.69) is 33.0 Å². The Hall–Kier alpha value is -1.89. The molecule has 2 aliphatic rings. The van der Waals surface area contributed by atoms with Gasteiger partial charge in [-0.05, 0) is 57.3 Å². The number of nitrogens with one attached hydrogen (secondary N) is 1. The lowest BCUT2D eigenvalue weighted by Crippen LogP contribution is -2.57. The van der Waals surface area contributed by atoms with E-state index in [1.54, 1.807) is 11.8 Å². The third-order valence-corrected chi connectivity index (χ3v) is 7.28. The highest BCUT2D eigenvalue weighted by atomic mass is 16.5. The maximum atomic E-state index is 14.1. The fraction of sp³-hybridized carbons (Fsp3) is 0.828. The summed E-state index contributed by atoms with van der Waals surface area (Å²) in [5.41, 5.74) is -0.485. The number of fused-ring (bicyclic) bond motifs is 1. The van der Waals surface area contributed by atoms with Crippen LogP contribution in [0.1, 0.15) is 88.0 Å². The van der Waals surface area contributed by atoms with Gasteiger partial charge < -0.3 is 20.1 Å². The molecular formula is C29H50N2O5. The molecule has 7 heteroatoms. The van der Waals surface area contributed by atoms with Crippen LogP contribution in [0.4, 0.5) is 0 Å². The molecule has 2 rings (SSSR count). The van der Waals surface area contributed by atoms with Crippen molar-refractivity contribution in [3.8, 4) is 0 Å². The van der Waals surface area contributed by atoms with E-state index in [1.807, 2.05) is 39.8 Å². The maximum absolute atomic E-state index is 14.1. The second-order valence-electron chi connectivity index (χ2n) is 13.0. The van der Waals surface area contributed by atoms with Gasteiger partial charge in [0.15, 0.2) is 0 Å². The van der Waals surface area contributed by atoms with E-state index < -0.39 is 35.4 Å². The first kappa shape index (κ1) is 30.3. The monoisotopic (exact) mass is 506 g/mol. The van der Waals surface area contributed by atoms with Crippen LogP contribution in [0, 0.1) is 35.0 Å². The summed E-state index contributed by atoms with van der Waals surface area (Å²) in [4.78, 5) is 42.8. The summed E-state index contributed by atoms with van der Waals surface area (Å²) in [5.74, 6) is -2.47. The van der Waals surface area contributed by atoms with Gasteiger partial charge in [-0.1, -0.05) is 60.1 Å². The minimum Gasteiger partial charge on any atom is -0.466 e. The SMILES string of the molecule is CCC[C@@H]1C=C[C@H]2[C@@H](C(=O)N([C@@H](CO)CC(C)C)[C@@H]2C(=O)NC(C)(C)CC(C)(C)C)[C@@H]1C(=O)OCC. The minimum absolute atomic E-state index is 0.00287. The van der Waals surface area contributed by atoms with Crippen molar-refractivity contribution in [1.82, 2.24) is 10.2 Å². The molecule has 0 aromatic carbocycles. The summed E-state index contributed by atoms with van der Waals surface area (Å²) in [7, 11) is 0. The second-order valence-corrected chi connectivity index (χ2v) is 13.0. The maximum Gasteiger partial charge on any atom is 0.310 e. The number of carbonyl (C=O) groups excluding carboxylic acids is 3. The molecule has 0 bridgehead atoms. The molecule has 1 saturated heterocycles. The second kappa shape index (κ2) is 12.1. The number of allylic oxidation sites excluding steroid dienone is 1. The molecule has 0 unspecified atom stereocenters. The third-order valence-electron chi connectivity index (χ3n) is 7.28. The molecule has 0 radical (unpaired) electrons. The zero-order valence-electron chi connectivity index (χ0n) is 24.0. The standard InChI is InChI=1S/C29H50N2O5/c1-10-12-19-13-14-21-23(22(19)27(35)36-11-2)26(34)31(20(16-32)15-18(3)4)24(21)25(33)30-29(8,9)17-28(5,6)7/h13-14,18-24,32H,10-12,15-17H2,1-9H3,(H,30,33)/t19-,20-,21+,22-,23-,24+/m1/s1. The summed E-state index contributed by atoms with van der Waals surface area (Å²) < 4.78 is 5.44. The van der Waals surface area contributed by atoms with Crippen LogP contribution in [0.3, 0.4) is 0 Å². The predicted octanol–water partition coefficient (Wildman–Crippen LogP) is 4.33. The number of rotatable bonds is 11. The average molecular weight is 507 g/mol. The lowest BCUT2D eigenvalue weighted by molar-refractivity contribution is -0.156. The van der Waals surface area contributed by atoms with E-state index in [0.29, 0.717) is 6.42 Å². The normalized spacial score (nSPS) is 27.2. The Morgan fingerprint density at radius 1 is 1.14 bits per heavy atom. The molecule has 7 nitrogen and oxygen atoms in total. The van der Waals surface area contributed by atoms with Crippen LogP contribution in [-0.4, -0.2) is 58.6 Å². The van der Waals surface area contributed by atoms with Crippen molar-refractivity contribution >= 4 is 17.8 Å². The molecule has 206 valence electrons. The summed E-state index contributed by atoms with van der Waals surface area (Å²) in [5, 5.41) is 13.5. The number of hydrogen-bond donors (Lipinski definition) is 2. The number of carbonyl (C=O) groups is 3. The molecule has 0 saturated carbocycles. The lowest BCUT2D eigenvalue weighted by atomic mass is 9.68. The number of aliphatic hydroxyl groups excluding tert-OH is 1. The fourth-order valence-electron chi connectivity index (χ4n) is 6.61. The zero-order chi connectivity index (χ0) is 27.4. The number of aliphatic hydroxyl groups is 1. The average Bonchev–Trinajstić information content (AvgIpc) is 3.02. The van der Waals surface area contributed by atoms with Crippen molar-refractivity contribution in [2.45, 2.75) is 106 Å². The summed E-state index contributed by atoms with van der Waals surface area (Å²) in [6, 6.07) is -1.28. The molecule has 0 aromatic heterocycles. The van der Waals surface area contributed by atoms with Gasteiger partial charge in [0, 0.05) is 11.5 Å². The Morgan fingerprint density at radius 3 is 2.28 bits per heavy atom. The highest BCUT2D eigenvalue weighted by Crippen LogP contribution is 2.47. The highest BCUT2D eigenvalue weighted by Gasteiger charge is 2.59. The van der Waals surface area contributed by atoms with E-state index >= 15 is 0 Å². The molecule has 0 aromatic rings. The molecule has 0 spiro atoms. The van der Waals surface area contributed by atoms with Crippen molar-refractivity contribution in [2.75, 3.05) is 13.2 Å². The smallest absolute Gasteiger partial charge is 0.310 e. The number of amides is 2. The van der Waals surface area contributed by atoms with E-state index in [0.717, 1.165) is 19.3 Å². The van der Waals surface area contributed by atoms with Crippen molar-refractivity contribution in [3.05, 3.63) is 12.2 Å². The summed E-state index contributed by atoms with van der Waals surface area (Å²) >= 11 is 0. The Balaban J connectivity index is 2.55. The Kier molecular flexibility index (Phi) is 10.2. The molecule has 1 aliphatic heterocycles. The van der Waals surface area contributed by atoms with Crippen LogP contribution in [0.5, 0.6) is 0 Å². The van der Waals surface area contributed by atoms with Gasteiger partial charge in [-0.2, -0.15) is 0 Å². The topological polar surface area (TPSA) is 95.9 Å². The molecule has 1 heterocycles. The number of likely N-dealkylation sites (tertiary alicyclic amines) is 1. The first-order valence-electron chi connectivity index (χ1n) is 13.8. The van der Waals surface area contributed by atoms with E-state index in [4.69, 9.17) is 4.74 Å². The van der Waals surface area contributed by atoms with Gasteiger partial charge in [0.1, 0.15) is 6.04 Å². The first-order valence-corrected chi connectivity index (χ1v) is 13.8. The van der Waals surface area contributed by atoms with Crippen LogP contribution < -0.4 is 5.32 Å². The number of nitrogens with zero attached hydrogens (tertiary/aromatic N) is 1. The first-order chi connectivity index (χ1) is 16.7. The molecule has 36 heavy (non-hydrogen) atoms. The van der Waals surface area contributed by atoms with Crippen LogP contribution in [0.2, 0.25) is 0 Å². The minimum atomic E-state index is -0.784.